The van der Waals surface area contributed by atoms with Crippen molar-refractivity contribution in [3.05, 3.63) is 35.3 Å². The Bertz CT molecular complexity index is 553. The van der Waals surface area contributed by atoms with Gasteiger partial charge in [-0.25, -0.2) is 4.39 Å². The first-order valence-electron chi connectivity index (χ1n) is 6.80. The second kappa shape index (κ2) is 4.73. The summed E-state index contributed by atoms with van der Waals surface area (Å²) in [4.78, 5) is 3.39. The van der Waals surface area contributed by atoms with Crippen LogP contribution < -0.4 is 5.32 Å². The third-order valence-electron chi connectivity index (χ3n) is 3.98. The minimum atomic E-state index is -0.164. The van der Waals surface area contributed by atoms with Gasteiger partial charge in [-0.3, -0.25) is 0 Å². The number of benzene rings is 1. The lowest BCUT2D eigenvalue weighted by Gasteiger charge is -2.23. The molecule has 1 saturated heterocycles. The fraction of sp³-hybridized carbons (Fsp3) is 0.467. The highest BCUT2D eigenvalue weighted by Gasteiger charge is 2.21. The highest BCUT2D eigenvalue weighted by atomic mass is 19.1. The summed E-state index contributed by atoms with van der Waals surface area (Å²) in [6.45, 7) is 4.33. The van der Waals surface area contributed by atoms with Gasteiger partial charge in [0.25, 0.3) is 0 Å². The zero-order valence-corrected chi connectivity index (χ0v) is 10.7. The number of rotatable bonds is 2. The molecule has 3 rings (SSSR count). The van der Waals surface area contributed by atoms with Crippen molar-refractivity contribution in [3.63, 3.8) is 0 Å². The number of hydrogen-bond donors (Lipinski definition) is 2. The van der Waals surface area contributed by atoms with Gasteiger partial charge in [0.15, 0.2) is 0 Å². The Morgan fingerprint density at radius 1 is 1.28 bits per heavy atom. The van der Waals surface area contributed by atoms with Crippen LogP contribution in [0.2, 0.25) is 0 Å². The number of H-pyrrole nitrogens is 1. The molecule has 0 saturated carbocycles. The van der Waals surface area contributed by atoms with E-state index in [2.05, 4.69) is 17.2 Å². The Hall–Kier alpha value is -1.35. The van der Waals surface area contributed by atoms with E-state index in [1.807, 2.05) is 6.07 Å². The molecule has 1 fully saturated rings. The van der Waals surface area contributed by atoms with Gasteiger partial charge in [-0.2, -0.15) is 0 Å². The van der Waals surface area contributed by atoms with Crippen LogP contribution in [-0.2, 0) is 6.42 Å². The zero-order valence-electron chi connectivity index (χ0n) is 10.7. The summed E-state index contributed by atoms with van der Waals surface area (Å²) in [7, 11) is 0. The first-order chi connectivity index (χ1) is 8.79. The van der Waals surface area contributed by atoms with Crippen LogP contribution in [0.1, 0.15) is 36.9 Å². The van der Waals surface area contributed by atoms with Crippen molar-refractivity contribution in [2.75, 3.05) is 13.1 Å². The topological polar surface area (TPSA) is 27.8 Å². The van der Waals surface area contributed by atoms with Gasteiger partial charge >= 0.3 is 0 Å². The second-order valence-corrected chi connectivity index (χ2v) is 5.08. The molecule has 18 heavy (non-hydrogen) atoms. The molecular weight excluding hydrogens is 227 g/mol. The smallest absolute Gasteiger partial charge is 0.125 e. The molecule has 96 valence electrons. The Morgan fingerprint density at radius 2 is 2.06 bits per heavy atom. The lowest BCUT2D eigenvalue weighted by Crippen LogP contribution is -2.26. The highest BCUT2D eigenvalue weighted by molar-refractivity contribution is 5.85. The van der Waals surface area contributed by atoms with Gasteiger partial charge in [-0.15, -0.1) is 0 Å². The van der Waals surface area contributed by atoms with E-state index < -0.39 is 0 Å². The second-order valence-electron chi connectivity index (χ2n) is 5.08. The number of aromatic nitrogens is 1. The van der Waals surface area contributed by atoms with Crippen molar-refractivity contribution < 1.29 is 4.39 Å². The number of nitrogens with one attached hydrogen (secondary N) is 2. The molecule has 2 nitrogen and oxygen atoms in total. The van der Waals surface area contributed by atoms with Crippen molar-refractivity contribution in [3.8, 4) is 0 Å². The van der Waals surface area contributed by atoms with Crippen molar-refractivity contribution >= 4 is 10.9 Å². The molecule has 0 unspecified atom stereocenters. The maximum absolute atomic E-state index is 13.3. The van der Waals surface area contributed by atoms with Crippen LogP contribution in [0.15, 0.2) is 18.2 Å². The molecule has 2 N–H and O–H groups in total. The highest BCUT2D eigenvalue weighted by Crippen LogP contribution is 2.34. The summed E-state index contributed by atoms with van der Waals surface area (Å²) >= 11 is 0. The third kappa shape index (κ3) is 1.93. The van der Waals surface area contributed by atoms with Crippen molar-refractivity contribution in [1.82, 2.24) is 10.3 Å². The average Bonchev–Trinajstić information content (AvgIpc) is 2.77. The molecule has 1 aromatic carbocycles. The molecule has 0 atom stereocenters. The summed E-state index contributed by atoms with van der Waals surface area (Å²) in [6.07, 6.45) is 3.34. The van der Waals surface area contributed by atoms with Crippen LogP contribution in [0.25, 0.3) is 10.9 Å². The first-order valence-corrected chi connectivity index (χ1v) is 6.80. The van der Waals surface area contributed by atoms with Gasteiger partial charge in [0.2, 0.25) is 0 Å². The van der Waals surface area contributed by atoms with Crippen LogP contribution in [0.3, 0.4) is 0 Å². The summed E-state index contributed by atoms with van der Waals surface area (Å²) in [5.41, 5.74) is 3.65. The van der Waals surface area contributed by atoms with Crippen LogP contribution in [0.4, 0.5) is 4.39 Å². The number of aromatic amines is 1. The van der Waals surface area contributed by atoms with Crippen LogP contribution >= 0.6 is 0 Å². The largest absolute Gasteiger partial charge is 0.358 e. The number of hydrogen-bond acceptors (Lipinski definition) is 1. The molecule has 2 aromatic rings. The molecule has 1 aliphatic rings. The monoisotopic (exact) mass is 246 g/mol. The van der Waals surface area contributed by atoms with E-state index >= 15 is 0 Å². The zero-order chi connectivity index (χ0) is 12.5. The lowest BCUT2D eigenvalue weighted by atomic mass is 9.87. The number of fused-ring (bicyclic) bond motifs is 1. The third-order valence-corrected chi connectivity index (χ3v) is 3.98. The molecular formula is C15H19FN2. The molecule has 1 aliphatic heterocycles. The van der Waals surface area contributed by atoms with Crippen molar-refractivity contribution in [1.29, 1.82) is 0 Å². The van der Waals surface area contributed by atoms with Crippen LogP contribution in [-0.4, -0.2) is 18.1 Å². The van der Waals surface area contributed by atoms with E-state index in [9.17, 15) is 4.39 Å². The van der Waals surface area contributed by atoms with Gasteiger partial charge in [-0.1, -0.05) is 6.92 Å². The van der Waals surface area contributed by atoms with E-state index in [0.29, 0.717) is 5.92 Å². The average molecular weight is 246 g/mol. The molecule has 0 amide bonds. The Balaban J connectivity index is 2.12. The number of halogens is 1. The fourth-order valence-corrected chi connectivity index (χ4v) is 3.10. The minimum Gasteiger partial charge on any atom is -0.358 e. The summed E-state index contributed by atoms with van der Waals surface area (Å²) in [6, 6.07) is 5.11. The Labute approximate surface area is 107 Å². The van der Waals surface area contributed by atoms with Gasteiger partial charge in [0, 0.05) is 16.6 Å². The maximum Gasteiger partial charge on any atom is 0.125 e. The molecule has 3 heteroatoms. The first kappa shape index (κ1) is 11.7. The fourth-order valence-electron chi connectivity index (χ4n) is 3.10. The SMILES string of the molecule is CCc1[nH]c2cc(F)ccc2c1C1CCNCC1. The van der Waals surface area contributed by atoms with Crippen LogP contribution in [0.5, 0.6) is 0 Å². The van der Waals surface area contributed by atoms with E-state index in [0.717, 1.165) is 25.0 Å². The minimum absolute atomic E-state index is 0.164. The maximum atomic E-state index is 13.3. The summed E-state index contributed by atoms with van der Waals surface area (Å²) < 4.78 is 13.3. The molecule has 1 aromatic heterocycles. The molecule has 2 heterocycles. The Morgan fingerprint density at radius 3 is 2.78 bits per heavy atom. The molecule has 0 aliphatic carbocycles. The molecule has 0 radical (unpaired) electrons. The lowest BCUT2D eigenvalue weighted by molar-refractivity contribution is 0.460. The number of piperidine rings is 1. The van der Waals surface area contributed by atoms with Crippen molar-refractivity contribution in [2.45, 2.75) is 32.1 Å². The van der Waals surface area contributed by atoms with Gasteiger partial charge < -0.3 is 10.3 Å². The van der Waals surface area contributed by atoms with Gasteiger partial charge in [-0.05, 0) is 62.0 Å². The standard InChI is InChI=1S/C15H19FN2/c1-2-13-15(10-5-7-17-8-6-10)12-4-3-11(16)9-14(12)18-13/h3-4,9-10,17-18H,2,5-8H2,1H3. The predicted octanol–water partition coefficient (Wildman–Crippen LogP) is 3.34. The Kier molecular flexibility index (Phi) is 3.08. The van der Waals surface area contributed by atoms with E-state index in [4.69, 9.17) is 0 Å². The molecule has 0 spiro atoms. The summed E-state index contributed by atoms with van der Waals surface area (Å²) in [5.74, 6) is 0.448. The predicted molar refractivity (Wildman–Crippen MR) is 72.5 cm³/mol. The van der Waals surface area contributed by atoms with E-state index in [1.54, 1.807) is 12.1 Å². The number of aryl methyl sites for hydroxylation is 1. The van der Waals surface area contributed by atoms with Crippen LogP contribution in [0, 0.1) is 5.82 Å². The normalized spacial score (nSPS) is 17.4. The summed E-state index contributed by atoms with van der Waals surface area (Å²) in [5, 5.41) is 4.61. The van der Waals surface area contributed by atoms with Crippen molar-refractivity contribution in [2.24, 2.45) is 0 Å². The van der Waals surface area contributed by atoms with E-state index in [1.165, 1.54) is 29.5 Å². The quantitative estimate of drug-likeness (QED) is 0.835. The van der Waals surface area contributed by atoms with E-state index in [-0.39, 0.29) is 5.82 Å². The van der Waals surface area contributed by atoms with Gasteiger partial charge in [0.1, 0.15) is 5.82 Å². The van der Waals surface area contributed by atoms with Gasteiger partial charge in [0.05, 0.1) is 0 Å². The molecule has 0 bridgehead atoms.